The van der Waals surface area contributed by atoms with Crippen molar-refractivity contribution >= 4 is 21.6 Å². The van der Waals surface area contributed by atoms with E-state index in [1.54, 1.807) is 50.4 Å². The first-order chi connectivity index (χ1) is 14.2. The minimum atomic E-state index is -3.65. The summed E-state index contributed by atoms with van der Waals surface area (Å²) in [5.41, 5.74) is 2.50. The van der Waals surface area contributed by atoms with Crippen LogP contribution in [0.25, 0.3) is 0 Å². The van der Waals surface area contributed by atoms with Gasteiger partial charge >= 0.3 is 0 Å². The highest BCUT2D eigenvalue weighted by Gasteiger charge is 2.31. The number of benzene rings is 2. The highest BCUT2D eigenvalue weighted by molar-refractivity contribution is 7.92. The van der Waals surface area contributed by atoms with Gasteiger partial charge in [-0.25, -0.2) is 8.42 Å². The Bertz CT molecular complexity index is 958. The predicted molar refractivity (Wildman–Crippen MR) is 119 cm³/mol. The Kier molecular flexibility index (Phi) is 8.11. The average Bonchev–Trinajstić information content (AvgIpc) is 2.71. The molecule has 0 aliphatic rings. The zero-order valence-corrected chi connectivity index (χ0v) is 19.0. The smallest absolute Gasteiger partial charge is 0.244 e. The van der Waals surface area contributed by atoms with Crippen molar-refractivity contribution in [3.8, 4) is 11.5 Å². The zero-order valence-electron chi connectivity index (χ0n) is 18.1. The third kappa shape index (κ3) is 6.13. The van der Waals surface area contributed by atoms with E-state index in [2.05, 4.69) is 5.32 Å². The lowest BCUT2D eigenvalue weighted by Gasteiger charge is -2.30. The number of carbonyl (C=O) groups excluding carboxylic acids is 1. The highest BCUT2D eigenvalue weighted by Crippen LogP contribution is 2.25. The molecule has 30 heavy (non-hydrogen) atoms. The number of nitrogens with zero attached hydrogens (tertiary/aromatic N) is 1. The maximum Gasteiger partial charge on any atom is 0.244 e. The first-order valence-corrected chi connectivity index (χ1v) is 11.6. The monoisotopic (exact) mass is 434 g/mol. The number of carbonyl (C=O) groups is 1. The van der Waals surface area contributed by atoms with Crippen LogP contribution in [-0.4, -0.2) is 46.9 Å². The largest absolute Gasteiger partial charge is 0.497 e. The summed E-state index contributed by atoms with van der Waals surface area (Å²) in [5.74, 6) is 1.03. The summed E-state index contributed by atoms with van der Waals surface area (Å²) in [5, 5.41) is 2.78. The molecule has 0 aliphatic heterocycles. The number of hydrogen-bond donors (Lipinski definition) is 1. The van der Waals surface area contributed by atoms with E-state index in [1.807, 2.05) is 19.9 Å². The molecule has 0 radical (unpaired) electrons. The molecule has 2 rings (SSSR count). The first-order valence-electron chi connectivity index (χ1n) is 9.78. The second-order valence-corrected chi connectivity index (χ2v) is 8.93. The Hall–Kier alpha value is -2.74. The number of sulfonamides is 1. The second-order valence-electron chi connectivity index (χ2n) is 7.07. The zero-order chi connectivity index (χ0) is 22.3. The van der Waals surface area contributed by atoms with Crippen molar-refractivity contribution in [2.45, 2.75) is 33.2 Å². The van der Waals surface area contributed by atoms with Crippen LogP contribution in [-0.2, 0) is 14.8 Å². The lowest BCUT2D eigenvalue weighted by molar-refractivity contribution is -0.122. The van der Waals surface area contributed by atoms with Gasteiger partial charge in [0.15, 0.2) is 0 Å². The molecule has 1 amide bonds. The van der Waals surface area contributed by atoms with Crippen LogP contribution in [0.15, 0.2) is 42.5 Å². The van der Waals surface area contributed by atoms with Crippen molar-refractivity contribution in [3.63, 3.8) is 0 Å². The van der Waals surface area contributed by atoms with E-state index >= 15 is 0 Å². The molecular formula is C22H30N2O5S. The normalized spacial score (nSPS) is 12.2. The molecular weight excluding hydrogens is 404 g/mol. The SMILES string of the molecule is CC[C@H](C(=O)NCCOc1ccc(OC)cc1)N(c1ccc(C)c(C)c1)S(C)(=O)=O. The van der Waals surface area contributed by atoms with Gasteiger partial charge in [0.1, 0.15) is 24.1 Å². The van der Waals surface area contributed by atoms with Gasteiger partial charge in [0.05, 0.1) is 25.6 Å². The summed E-state index contributed by atoms with van der Waals surface area (Å²) in [6.07, 6.45) is 1.45. The molecule has 0 fully saturated rings. The molecule has 2 aromatic carbocycles. The second kappa shape index (κ2) is 10.3. The molecule has 0 saturated carbocycles. The molecule has 0 aromatic heterocycles. The van der Waals surface area contributed by atoms with E-state index in [9.17, 15) is 13.2 Å². The van der Waals surface area contributed by atoms with E-state index in [0.29, 0.717) is 17.9 Å². The van der Waals surface area contributed by atoms with Gasteiger partial charge in [-0.15, -0.1) is 0 Å². The fraction of sp³-hybridized carbons (Fsp3) is 0.409. The summed E-state index contributed by atoms with van der Waals surface area (Å²) in [6, 6.07) is 11.7. The summed E-state index contributed by atoms with van der Waals surface area (Å²) in [6.45, 7) is 6.17. The van der Waals surface area contributed by atoms with Crippen LogP contribution in [0.5, 0.6) is 11.5 Å². The van der Waals surface area contributed by atoms with Gasteiger partial charge in [-0.1, -0.05) is 13.0 Å². The topological polar surface area (TPSA) is 84.9 Å². The molecule has 0 bridgehead atoms. The third-order valence-electron chi connectivity index (χ3n) is 4.80. The van der Waals surface area contributed by atoms with E-state index in [0.717, 1.165) is 23.1 Å². The van der Waals surface area contributed by atoms with Crippen LogP contribution in [0.1, 0.15) is 24.5 Å². The molecule has 1 atom stereocenters. The Labute approximate surface area is 179 Å². The summed E-state index contributed by atoms with van der Waals surface area (Å²) in [7, 11) is -2.06. The van der Waals surface area contributed by atoms with Gasteiger partial charge in [-0.2, -0.15) is 0 Å². The predicted octanol–water partition coefficient (Wildman–Crippen LogP) is 3.05. The first kappa shape index (κ1) is 23.5. The Morgan fingerprint density at radius 2 is 1.70 bits per heavy atom. The van der Waals surface area contributed by atoms with E-state index < -0.39 is 16.1 Å². The van der Waals surface area contributed by atoms with Gasteiger partial charge in [0.25, 0.3) is 0 Å². The lowest BCUT2D eigenvalue weighted by atomic mass is 10.1. The fourth-order valence-electron chi connectivity index (χ4n) is 3.06. The van der Waals surface area contributed by atoms with Crippen LogP contribution < -0.4 is 19.1 Å². The molecule has 0 aliphatic carbocycles. The van der Waals surface area contributed by atoms with E-state index in [-0.39, 0.29) is 19.1 Å². The number of aryl methyl sites for hydroxylation is 2. The molecule has 2 aromatic rings. The summed E-state index contributed by atoms with van der Waals surface area (Å²) >= 11 is 0. The molecule has 8 heteroatoms. The van der Waals surface area contributed by atoms with Crippen molar-refractivity contribution in [1.82, 2.24) is 5.32 Å². The van der Waals surface area contributed by atoms with Gasteiger partial charge in [-0.05, 0) is 67.8 Å². The molecule has 7 nitrogen and oxygen atoms in total. The molecule has 0 saturated heterocycles. The lowest BCUT2D eigenvalue weighted by Crippen LogP contribution is -2.50. The van der Waals surface area contributed by atoms with Crippen LogP contribution in [0.4, 0.5) is 5.69 Å². The molecule has 0 spiro atoms. The third-order valence-corrected chi connectivity index (χ3v) is 5.98. The number of anilines is 1. The highest BCUT2D eigenvalue weighted by atomic mass is 32.2. The van der Waals surface area contributed by atoms with Crippen LogP contribution in [0, 0.1) is 13.8 Å². The quantitative estimate of drug-likeness (QED) is 0.581. The summed E-state index contributed by atoms with van der Waals surface area (Å²) in [4.78, 5) is 12.8. The molecule has 1 N–H and O–H groups in total. The molecule has 0 unspecified atom stereocenters. The van der Waals surface area contributed by atoms with E-state index in [4.69, 9.17) is 9.47 Å². The Morgan fingerprint density at radius 3 is 2.23 bits per heavy atom. The van der Waals surface area contributed by atoms with Gasteiger partial charge in [0, 0.05) is 0 Å². The van der Waals surface area contributed by atoms with Gasteiger partial charge in [0.2, 0.25) is 15.9 Å². The minimum absolute atomic E-state index is 0.256. The number of amides is 1. The van der Waals surface area contributed by atoms with E-state index in [1.165, 1.54) is 4.31 Å². The van der Waals surface area contributed by atoms with Crippen LogP contribution in [0.3, 0.4) is 0 Å². The number of methoxy groups -OCH3 is 1. The van der Waals surface area contributed by atoms with Crippen LogP contribution >= 0.6 is 0 Å². The Balaban J connectivity index is 2.05. The maximum atomic E-state index is 12.8. The number of ether oxygens (including phenoxy) is 2. The van der Waals surface area contributed by atoms with Crippen molar-refractivity contribution < 1.29 is 22.7 Å². The fourth-order valence-corrected chi connectivity index (χ4v) is 4.26. The molecule has 164 valence electrons. The van der Waals surface area contributed by atoms with Gasteiger partial charge in [-0.3, -0.25) is 9.10 Å². The standard InChI is InChI=1S/C22H30N2O5S/c1-6-21(24(30(5,26)27)18-8-7-16(2)17(3)15-18)22(25)23-13-14-29-20-11-9-19(28-4)10-12-20/h7-12,15,21H,6,13-14H2,1-5H3,(H,23,25)/t21-/m1/s1. The van der Waals surface area contributed by atoms with Crippen LogP contribution in [0.2, 0.25) is 0 Å². The minimum Gasteiger partial charge on any atom is -0.497 e. The van der Waals surface area contributed by atoms with Gasteiger partial charge < -0.3 is 14.8 Å². The summed E-state index contributed by atoms with van der Waals surface area (Å²) < 4.78 is 36.9. The molecule has 0 heterocycles. The average molecular weight is 435 g/mol. The van der Waals surface area contributed by atoms with Crippen molar-refractivity contribution in [2.75, 3.05) is 30.8 Å². The number of nitrogens with one attached hydrogen (secondary N) is 1. The van der Waals surface area contributed by atoms with Crippen molar-refractivity contribution in [1.29, 1.82) is 0 Å². The Morgan fingerprint density at radius 1 is 1.07 bits per heavy atom. The maximum absolute atomic E-state index is 12.8. The number of hydrogen-bond acceptors (Lipinski definition) is 5. The van der Waals surface area contributed by atoms with Crippen molar-refractivity contribution in [3.05, 3.63) is 53.6 Å². The number of rotatable bonds is 10. The van der Waals surface area contributed by atoms with Crippen molar-refractivity contribution in [2.24, 2.45) is 0 Å².